The number of aromatic nitrogens is 5. The van der Waals surface area contributed by atoms with Crippen LogP contribution < -0.4 is 0 Å². The number of hydrogen-bond acceptors (Lipinski definition) is 8. The van der Waals surface area contributed by atoms with E-state index in [1.165, 1.54) is 24.2 Å². The first-order valence-corrected chi connectivity index (χ1v) is 11.3. The van der Waals surface area contributed by atoms with Crippen LogP contribution in [0.25, 0.3) is 17.2 Å². The Balaban J connectivity index is 1.79. The highest BCUT2D eigenvalue weighted by Gasteiger charge is 2.20. The van der Waals surface area contributed by atoms with Gasteiger partial charge in [0.1, 0.15) is 9.90 Å². The minimum Gasteiger partial charge on any atom is -0.268 e. The van der Waals surface area contributed by atoms with Gasteiger partial charge in [-0.3, -0.25) is 9.55 Å². The second kappa shape index (κ2) is 7.22. The molecular formula is C17H13N5O2S3. The van der Waals surface area contributed by atoms with Crippen LogP contribution in [0, 0.1) is 0 Å². The Kier molecular flexibility index (Phi) is 4.77. The summed E-state index contributed by atoms with van der Waals surface area (Å²) in [6.07, 6.45) is 4.23. The van der Waals surface area contributed by atoms with E-state index in [2.05, 4.69) is 20.2 Å². The number of rotatable bonds is 5. The predicted molar refractivity (Wildman–Crippen MR) is 104 cm³/mol. The molecule has 0 saturated heterocycles. The van der Waals surface area contributed by atoms with Crippen molar-refractivity contribution in [1.29, 1.82) is 0 Å². The monoisotopic (exact) mass is 415 g/mol. The molecule has 0 spiro atoms. The minimum atomic E-state index is -3.28. The van der Waals surface area contributed by atoms with Crippen LogP contribution in [0.2, 0.25) is 0 Å². The molecule has 0 unspecified atom stereocenters. The summed E-state index contributed by atoms with van der Waals surface area (Å²) in [4.78, 5) is 8.57. The van der Waals surface area contributed by atoms with Crippen molar-refractivity contribution in [3.8, 4) is 17.2 Å². The average molecular weight is 416 g/mol. The minimum absolute atomic E-state index is 0.223. The van der Waals surface area contributed by atoms with Crippen LogP contribution in [0.15, 0.2) is 74.6 Å². The second-order valence-corrected chi connectivity index (χ2v) is 10.00. The smallest absolute Gasteiger partial charge is 0.203 e. The molecule has 7 nitrogen and oxygen atoms in total. The molecule has 10 heteroatoms. The average Bonchev–Trinajstić information content (AvgIpc) is 3.31. The fourth-order valence-corrected chi connectivity index (χ4v) is 5.26. The number of benzene rings is 1. The zero-order valence-electron chi connectivity index (χ0n) is 14.1. The van der Waals surface area contributed by atoms with Crippen molar-refractivity contribution in [1.82, 2.24) is 24.7 Å². The van der Waals surface area contributed by atoms with Gasteiger partial charge in [0, 0.05) is 18.1 Å². The van der Waals surface area contributed by atoms with Gasteiger partial charge in [-0.15, -0.1) is 10.2 Å². The standard InChI is InChI=1S/C17H13N5O2S3/c1-27(23,24)14-11-19-17(25-14)26-16-21-20-15(13-9-5-6-10-18-13)22(16)12-7-3-2-4-8-12/h2-11H,1H3. The first kappa shape index (κ1) is 17.8. The van der Waals surface area contributed by atoms with Crippen molar-refractivity contribution in [3.05, 3.63) is 60.9 Å². The Morgan fingerprint density at radius 1 is 1.00 bits per heavy atom. The molecule has 4 aromatic rings. The van der Waals surface area contributed by atoms with Crippen LogP contribution in [-0.2, 0) is 9.84 Å². The third-order valence-electron chi connectivity index (χ3n) is 3.55. The topological polar surface area (TPSA) is 90.6 Å². The quantitative estimate of drug-likeness (QED) is 0.494. The molecule has 0 N–H and O–H groups in total. The molecule has 0 amide bonds. The molecule has 0 radical (unpaired) electrons. The first-order chi connectivity index (χ1) is 13.0. The van der Waals surface area contributed by atoms with Crippen molar-refractivity contribution in [3.63, 3.8) is 0 Å². The highest BCUT2D eigenvalue weighted by Crippen LogP contribution is 2.34. The first-order valence-electron chi connectivity index (χ1n) is 7.78. The molecule has 0 aliphatic rings. The molecule has 4 rings (SSSR count). The molecule has 0 fully saturated rings. The maximum Gasteiger partial charge on any atom is 0.203 e. The molecule has 0 saturated carbocycles. The van der Waals surface area contributed by atoms with Gasteiger partial charge in [-0.05, 0) is 36.0 Å². The van der Waals surface area contributed by atoms with Gasteiger partial charge in [0.2, 0.25) is 5.16 Å². The Morgan fingerprint density at radius 2 is 1.78 bits per heavy atom. The van der Waals surface area contributed by atoms with E-state index in [9.17, 15) is 8.42 Å². The van der Waals surface area contributed by atoms with Gasteiger partial charge in [0.15, 0.2) is 20.0 Å². The van der Waals surface area contributed by atoms with Crippen LogP contribution >= 0.6 is 23.1 Å². The number of para-hydroxylation sites is 1. The van der Waals surface area contributed by atoms with E-state index in [0.29, 0.717) is 21.0 Å². The SMILES string of the molecule is CS(=O)(=O)c1cnc(Sc2nnc(-c3ccccn3)n2-c2ccccc2)s1. The maximum absolute atomic E-state index is 11.7. The summed E-state index contributed by atoms with van der Waals surface area (Å²) in [5, 5.41) is 9.17. The summed E-state index contributed by atoms with van der Waals surface area (Å²) in [5.74, 6) is 0.601. The molecule has 3 aromatic heterocycles. The molecule has 3 heterocycles. The van der Waals surface area contributed by atoms with Crippen molar-refractivity contribution < 1.29 is 8.42 Å². The van der Waals surface area contributed by atoms with Crippen molar-refractivity contribution >= 4 is 32.9 Å². The van der Waals surface area contributed by atoms with Gasteiger partial charge >= 0.3 is 0 Å². The lowest BCUT2D eigenvalue weighted by Crippen LogP contribution is -2.00. The molecule has 1 aromatic carbocycles. The van der Waals surface area contributed by atoms with Crippen molar-refractivity contribution in [2.75, 3.05) is 6.26 Å². The van der Waals surface area contributed by atoms with Gasteiger partial charge in [-0.1, -0.05) is 35.6 Å². The fraction of sp³-hybridized carbons (Fsp3) is 0.0588. The van der Waals surface area contributed by atoms with Gasteiger partial charge in [0.25, 0.3) is 0 Å². The zero-order valence-corrected chi connectivity index (χ0v) is 16.5. The van der Waals surface area contributed by atoms with E-state index in [-0.39, 0.29) is 4.21 Å². The number of pyridine rings is 1. The van der Waals surface area contributed by atoms with E-state index in [0.717, 1.165) is 17.0 Å². The Hall–Kier alpha value is -2.56. The van der Waals surface area contributed by atoms with E-state index in [1.807, 2.05) is 53.1 Å². The van der Waals surface area contributed by atoms with Crippen molar-refractivity contribution in [2.24, 2.45) is 0 Å². The number of thiazole rings is 1. The Labute approximate surface area is 164 Å². The summed E-state index contributed by atoms with van der Waals surface area (Å²) in [7, 11) is -3.28. The Bertz CT molecular complexity index is 1170. The molecule has 0 bridgehead atoms. The number of hydrogen-bond donors (Lipinski definition) is 0. The highest BCUT2D eigenvalue weighted by molar-refractivity contribution is 8.01. The van der Waals surface area contributed by atoms with E-state index in [1.54, 1.807) is 6.20 Å². The van der Waals surface area contributed by atoms with Gasteiger partial charge in [-0.2, -0.15) is 0 Å². The molecule has 0 aliphatic heterocycles. The lowest BCUT2D eigenvalue weighted by Gasteiger charge is -2.08. The third-order valence-corrected chi connectivity index (χ3v) is 7.36. The van der Waals surface area contributed by atoms with Gasteiger partial charge < -0.3 is 0 Å². The Morgan fingerprint density at radius 3 is 2.44 bits per heavy atom. The van der Waals surface area contributed by atoms with Crippen LogP contribution in [0.3, 0.4) is 0 Å². The summed E-state index contributed by atoms with van der Waals surface area (Å²) in [5.41, 5.74) is 1.57. The maximum atomic E-state index is 11.7. The molecule has 0 atom stereocenters. The second-order valence-electron chi connectivity index (χ2n) is 5.51. The van der Waals surface area contributed by atoms with Crippen LogP contribution in [0.4, 0.5) is 0 Å². The fourth-order valence-electron chi connectivity index (χ4n) is 2.35. The molecular weight excluding hydrogens is 402 g/mol. The van der Waals surface area contributed by atoms with E-state index >= 15 is 0 Å². The summed E-state index contributed by atoms with van der Waals surface area (Å²) < 4.78 is 26.1. The van der Waals surface area contributed by atoms with Crippen LogP contribution in [0.5, 0.6) is 0 Å². The largest absolute Gasteiger partial charge is 0.268 e. The summed E-state index contributed by atoms with van der Waals surface area (Å²) >= 11 is 2.38. The molecule has 136 valence electrons. The van der Waals surface area contributed by atoms with Gasteiger partial charge in [-0.25, -0.2) is 13.4 Å². The lowest BCUT2D eigenvalue weighted by molar-refractivity contribution is 0.603. The van der Waals surface area contributed by atoms with E-state index in [4.69, 9.17) is 0 Å². The van der Waals surface area contributed by atoms with Crippen molar-refractivity contribution in [2.45, 2.75) is 13.7 Å². The molecule has 27 heavy (non-hydrogen) atoms. The van der Waals surface area contributed by atoms with Crippen LogP contribution in [0.1, 0.15) is 0 Å². The van der Waals surface area contributed by atoms with Gasteiger partial charge in [0.05, 0.1) is 6.20 Å². The molecule has 0 aliphatic carbocycles. The third kappa shape index (κ3) is 3.77. The summed E-state index contributed by atoms with van der Waals surface area (Å²) in [6, 6.07) is 15.3. The summed E-state index contributed by atoms with van der Waals surface area (Å²) in [6.45, 7) is 0. The highest BCUT2D eigenvalue weighted by atomic mass is 32.2. The predicted octanol–water partition coefficient (Wildman–Crippen LogP) is 3.34. The zero-order chi connectivity index (χ0) is 18.9. The normalized spacial score (nSPS) is 11.6. The number of nitrogens with zero attached hydrogens (tertiary/aromatic N) is 5. The van der Waals surface area contributed by atoms with Crippen LogP contribution in [-0.4, -0.2) is 39.4 Å². The lowest BCUT2D eigenvalue weighted by atomic mass is 10.3. The van der Waals surface area contributed by atoms with E-state index < -0.39 is 9.84 Å². The number of sulfone groups is 1.